The molecule has 0 spiro atoms. The molecule has 2 rings (SSSR count). The molecule has 0 N–H and O–H groups in total. The number of piperidine rings is 1. The van der Waals surface area contributed by atoms with Gasteiger partial charge in [-0.3, -0.25) is 4.90 Å². The molecule has 0 aliphatic carbocycles. The van der Waals surface area contributed by atoms with Gasteiger partial charge >= 0.3 is 0 Å². The molecule has 1 aromatic carbocycles. The predicted octanol–water partition coefficient (Wildman–Crippen LogP) is 3.54. The predicted molar refractivity (Wildman–Crippen MR) is 74.5 cm³/mol. The molecule has 0 atom stereocenters. The van der Waals surface area contributed by atoms with Crippen molar-refractivity contribution in [2.45, 2.75) is 45.1 Å². The van der Waals surface area contributed by atoms with E-state index in [0.29, 0.717) is 5.92 Å². The summed E-state index contributed by atoms with van der Waals surface area (Å²) in [6.45, 7) is 9.21. The third-order valence-corrected chi connectivity index (χ3v) is 3.95. The van der Waals surface area contributed by atoms with Gasteiger partial charge in [-0.05, 0) is 70.3 Å². The van der Waals surface area contributed by atoms with Gasteiger partial charge in [0.1, 0.15) is 0 Å². The average Bonchev–Trinajstić information content (AvgIpc) is 2.38. The second-order valence-corrected chi connectivity index (χ2v) is 6.17. The third-order valence-electron chi connectivity index (χ3n) is 3.95. The molecule has 1 aliphatic heterocycles. The minimum Gasteiger partial charge on any atom is -0.298 e. The molecule has 1 heterocycles. The molecular weight excluding hydrogens is 220 g/mol. The fraction of sp³-hybridized carbons (Fsp3) is 0.562. The summed E-state index contributed by atoms with van der Waals surface area (Å²) in [5, 5.41) is 8.81. The zero-order chi connectivity index (χ0) is 13.2. The Balaban J connectivity index is 1.99. The standard InChI is InChI=1S/C16H22N2/c1-16(2,3)18-10-8-15(9-11-18)14-6-4-13(12-17)5-7-14/h4-7,15H,8-11H2,1-3H3. The molecule has 0 unspecified atom stereocenters. The van der Waals surface area contributed by atoms with Gasteiger partial charge in [-0.2, -0.15) is 5.26 Å². The summed E-state index contributed by atoms with van der Waals surface area (Å²) in [6, 6.07) is 10.3. The van der Waals surface area contributed by atoms with Crippen LogP contribution in [-0.4, -0.2) is 23.5 Å². The zero-order valence-electron chi connectivity index (χ0n) is 11.6. The van der Waals surface area contributed by atoms with E-state index in [1.165, 1.54) is 31.5 Å². The van der Waals surface area contributed by atoms with Crippen LogP contribution in [0, 0.1) is 11.3 Å². The number of likely N-dealkylation sites (tertiary alicyclic amines) is 1. The van der Waals surface area contributed by atoms with Crippen LogP contribution in [0.15, 0.2) is 24.3 Å². The van der Waals surface area contributed by atoms with Crippen molar-refractivity contribution >= 4 is 0 Å². The maximum absolute atomic E-state index is 8.81. The van der Waals surface area contributed by atoms with Gasteiger partial charge < -0.3 is 0 Å². The van der Waals surface area contributed by atoms with E-state index in [2.05, 4.69) is 43.9 Å². The van der Waals surface area contributed by atoms with E-state index in [4.69, 9.17) is 5.26 Å². The summed E-state index contributed by atoms with van der Waals surface area (Å²) in [6.07, 6.45) is 2.45. The quantitative estimate of drug-likeness (QED) is 0.753. The fourth-order valence-electron chi connectivity index (χ4n) is 2.71. The topological polar surface area (TPSA) is 27.0 Å². The Hall–Kier alpha value is -1.33. The molecule has 96 valence electrons. The van der Waals surface area contributed by atoms with Gasteiger partial charge in [-0.1, -0.05) is 12.1 Å². The normalized spacial score (nSPS) is 18.6. The minimum absolute atomic E-state index is 0.287. The van der Waals surface area contributed by atoms with E-state index in [9.17, 15) is 0 Å². The third kappa shape index (κ3) is 2.91. The van der Waals surface area contributed by atoms with Gasteiger partial charge in [-0.25, -0.2) is 0 Å². The minimum atomic E-state index is 0.287. The molecule has 1 saturated heterocycles. The molecule has 1 aliphatic rings. The summed E-state index contributed by atoms with van der Waals surface area (Å²) in [4.78, 5) is 2.56. The van der Waals surface area contributed by atoms with E-state index in [1.807, 2.05) is 12.1 Å². The molecule has 0 radical (unpaired) electrons. The maximum atomic E-state index is 8.81. The monoisotopic (exact) mass is 242 g/mol. The SMILES string of the molecule is CC(C)(C)N1CCC(c2ccc(C#N)cc2)CC1. The lowest BCUT2D eigenvalue weighted by Gasteiger charge is -2.41. The summed E-state index contributed by atoms with van der Waals surface area (Å²) >= 11 is 0. The first-order chi connectivity index (χ1) is 8.50. The number of hydrogen-bond acceptors (Lipinski definition) is 2. The average molecular weight is 242 g/mol. The number of rotatable bonds is 1. The van der Waals surface area contributed by atoms with Gasteiger partial charge in [0.2, 0.25) is 0 Å². The van der Waals surface area contributed by atoms with Crippen LogP contribution in [0.2, 0.25) is 0 Å². The van der Waals surface area contributed by atoms with Crippen molar-refractivity contribution in [3.8, 4) is 6.07 Å². The van der Waals surface area contributed by atoms with E-state index >= 15 is 0 Å². The molecule has 18 heavy (non-hydrogen) atoms. The Morgan fingerprint density at radius 2 is 1.67 bits per heavy atom. The zero-order valence-corrected chi connectivity index (χ0v) is 11.6. The summed E-state index contributed by atoms with van der Waals surface area (Å²) < 4.78 is 0. The Labute approximate surface area is 110 Å². The highest BCUT2D eigenvalue weighted by Gasteiger charge is 2.27. The van der Waals surface area contributed by atoms with Crippen LogP contribution in [0.5, 0.6) is 0 Å². The van der Waals surface area contributed by atoms with Gasteiger partial charge in [-0.15, -0.1) is 0 Å². The van der Waals surface area contributed by atoms with Crippen molar-refractivity contribution in [3.63, 3.8) is 0 Å². The van der Waals surface area contributed by atoms with Crippen molar-refractivity contribution in [1.29, 1.82) is 5.26 Å². The first kappa shape index (κ1) is 13.1. The number of benzene rings is 1. The lowest BCUT2D eigenvalue weighted by Crippen LogP contribution is -2.45. The van der Waals surface area contributed by atoms with Crippen LogP contribution in [0.1, 0.15) is 50.7 Å². The molecule has 0 aromatic heterocycles. The number of nitriles is 1. The van der Waals surface area contributed by atoms with E-state index in [0.717, 1.165) is 5.56 Å². The largest absolute Gasteiger partial charge is 0.298 e. The van der Waals surface area contributed by atoms with Crippen LogP contribution in [0.25, 0.3) is 0 Å². The van der Waals surface area contributed by atoms with E-state index in [1.54, 1.807) is 0 Å². The van der Waals surface area contributed by atoms with E-state index < -0.39 is 0 Å². The summed E-state index contributed by atoms with van der Waals surface area (Å²) in [5.41, 5.74) is 2.43. The maximum Gasteiger partial charge on any atom is 0.0991 e. The first-order valence-corrected chi connectivity index (χ1v) is 6.76. The molecule has 0 bridgehead atoms. The lowest BCUT2D eigenvalue weighted by molar-refractivity contribution is 0.102. The van der Waals surface area contributed by atoms with Crippen LogP contribution in [0.4, 0.5) is 0 Å². The van der Waals surface area contributed by atoms with Gasteiger partial charge in [0.25, 0.3) is 0 Å². The highest BCUT2D eigenvalue weighted by atomic mass is 15.2. The van der Waals surface area contributed by atoms with Crippen LogP contribution in [0.3, 0.4) is 0 Å². The summed E-state index contributed by atoms with van der Waals surface area (Å²) in [7, 11) is 0. The van der Waals surface area contributed by atoms with Gasteiger partial charge in [0, 0.05) is 5.54 Å². The van der Waals surface area contributed by atoms with Gasteiger partial charge in [0.15, 0.2) is 0 Å². The fourth-order valence-corrected chi connectivity index (χ4v) is 2.71. The molecular formula is C16H22N2. The van der Waals surface area contributed by atoms with E-state index in [-0.39, 0.29) is 5.54 Å². The smallest absolute Gasteiger partial charge is 0.0991 e. The van der Waals surface area contributed by atoms with Crippen molar-refractivity contribution in [2.24, 2.45) is 0 Å². The molecule has 0 saturated carbocycles. The van der Waals surface area contributed by atoms with Crippen molar-refractivity contribution < 1.29 is 0 Å². The lowest BCUT2D eigenvalue weighted by atomic mass is 9.87. The van der Waals surface area contributed by atoms with Gasteiger partial charge in [0.05, 0.1) is 11.6 Å². The van der Waals surface area contributed by atoms with Crippen molar-refractivity contribution in [1.82, 2.24) is 4.90 Å². The van der Waals surface area contributed by atoms with Crippen LogP contribution >= 0.6 is 0 Å². The van der Waals surface area contributed by atoms with Crippen LogP contribution in [-0.2, 0) is 0 Å². The van der Waals surface area contributed by atoms with Crippen LogP contribution < -0.4 is 0 Å². The Bertz CT molecular complexity index is 426. The molecule has 1 fully saturated rings. The summed E-state index contributed by atoms with van der Waals surface area (Å²) in [5.74, 6) is 0.663. The first-order valence-electron chi connectivity index (χ1n) is 6.76. The Kier molecular flexibility index (Phi) is 3.73. The second kappa shape index (κ2) is 5.12. The molecule has 0 amide bonds. The highest BCUT2D eigenvalue weighted by Crippen LogP contribution is 2.30. The second-order valence-electron chi connectivity index (χ2n) is 6.17. The molecule has 2 heteroatoms. The van der Waals surface area contributed by atoms with Crippen molar-refractivity contribution in [2.75, 3.05) is 13.1 Å². The number of hydrogen-bond donors (Lipinski definition) is 0. The van der Waals surface area contributed by atoms with Crippen molar-refractivity contribution in [3.05, 3.63) is 35.4 Å². The number of nitrogens with zero attached hydrogens (tertiary/aromatic N) is 2. The molecule has 2 nitrogen and oxygen atoms in total. The molecule has 1 aromatic rings. The highest BCUT2D eigenvalue weighted by molar-refractivity contribution is 5.33. The Morgan fingerprint density at radius 3 is 2.11 bits per heavy atom. The Morgan fingerprint density at radius 1 is 1.11 bits per heavy atom.